The molecule has 5 rings (SSSR count). The van der Waals surface area contributed by atoms with Crippen molar-refractivity contribution in [1.29, 1.82) is 0 Å². The van der Waals surface area contributed by atoms with Crippen LogP contribution in [0.5, 0.6) is 23.1 Å². The Balaban J connectivity index is 1.62. The number of halogens is 4. The topological polar surface area (TPSA) is 135 Å². The molecule has 0 bridgehead atoms. The van der Waals surface area contributed by atoms with Gasteiger partial charge in [-0.25, -0.2) is 8.78 Å². The molecule has 244 valence electrons. The van der Waals surface area contributed by atoms with Crippen molar-refractivity contribution in [3.8, 4) is 40.2 Å². The Morgan fingerprint density at radius 3 is 2.22 bits per heavy atom. The molecule has 1 fully saturated rings. The maximum atomic E-state index is 15.4. The molecule has 1 aliphatic heterocycles. The van der Waals surface area contributed by atoms with Gasteiger partial charge in [-0.2, -0.15) is 18.4 Å². The van der Waals surface area contributed by atoms with Gasteiger partial charge in [-0.15, -0.1) is 0 Å². The van der Waals surface area contributed by atoms with E-state index in [4.69, 9.17) is 18.9 Å². The molecule has 2 aromatic heterocycles. The van der Waals surface area contributed by atoms with Crippen molar-refractivity contribution in [3.63, 3.8) is 0 Å². The molecule has 0 atom stereocenters. The molecular formula is C30H28F4N4O8. The van der Waals surface area contributed by atoms with E-state index < -0.39 is 46.4 Å². The first-order valence-electron chi connectivity index (χ1n) is 13.6. The molecule has 1 aliphatic rings. The van der Waals surface area contributed by atoms with Gasteiger partial charge in [-0.05, 0) is 24.3 Å². The van der Waals surface area contributed by atoms with Crippen LogP contribution in [-0.2, 0) is 11.8 Å². The van der Waals surface area contributed by atoms with Gasteiger partial charge in [0.1, 0.15) is 46.9 Å². The molecule has 46 heavy (non-hydrogen) atoms. The third kappa shape index (κ3) is 6.34. The van der Waals surface area contributed by atoms with E-state index in [2.05, 4.69) is 15.0 Å². The summed E-state index contributed by atoms with van der Waals surface area (Å²) in [5.41, 5.74) is -3.21. The molecule has 4 aromatic rings. The molecule has 1 saturated heterocycles. The van der Waals surface area contributed by atoms with E-state index in [9.17, 15) is 23.5 Å². The highest BCUT2D eigenvalue weighted by atomic mass is 19.3. The van der Waals surface area contributed by atoms with Crippen molar-refractivity contribution < 1.29 is 51.1 Å². The fourth-order valence-corrected chi connectivity index (χ4v) is 4.74. The zero-order chi connectivity index (χ0) is 33.2. The minimum atomic E-state index is -3.08. The normalized spacial score (nSPS) is 13.7. The van der Waals surface area contributed by atoms with Gasteiger partial charge >= 0.3 is 6.61 Å². The number of benzene rings is 2. The van der Waals surface area contributed by atoms with E-state index in [1.165, 1.54) is 45.5 Å². The van der Waals surface area contributed by atoms with Crippen LogP contribution in [0.2, 0.25) is 0 Å². The van der Waals surface area contributed by atoms with Crippen molar-refractivity contribution in [2.24, 2.45) is 12.5 Å². The van der Waals surface area contributed by atoms with Crippen LogP contribution in [0.15, 0.2) is 53.3 Å². The number of anilines is 1. The molecular weight excluding hydrogens is 620 g/mol. The van der Waals surface area contributed by atoms with Crippen molar-refractivity contribution in [1.82, 2.24) is 14.3 Å². The number of rotatable bonds is 12. The number of carbonyl (C=O) groups is 1. The van der Waals surface area contributed by atoms with Crippen LogP contribution in [0.4, 0.5) is 23.2 Å². The minimum Gasteiger partial charge on any atom is -0.497 e. The van der Waals surface area contributed by atoms with Crippen molar-refractivity contribution in [2.45, 2.75) is 6.61 Å². The van der Waals surface area contributed by atoms with Crippen molar-refractivity contribution in [2.75, 3.05) is 46.0 Å². The second kappa shape index (κ2) is 13.1. The monoisotopic (exact) mass is 648 g/mol. The standard InChI is InChI=1S/C30H28F4N4O8/c1-37-26(24-20(31)8-18(42-2)9-21(24)32)25(36-27(40)16-4-6-17(7-5-16)46-29(33)34)28(41)38(37)22-10-19(43-3)11-23(35-22)45-15-30(12-39)13-44-14-30/h4-11,29,39H,12-15H2,1-3H3,(H,36,40). The van der Waals surface area contributed by atoms with E-state index in [0.29, 0.717) is 0 Å². The fourth-order valence-electron chi connectivity index (χ4n) is 4.74. The van der Waals surface area contributed by atoms with Gasteiger partial charge in [-0.3, -0.25) is 14.3 Å². The average molecular weight is 649 g/mol. The maximum absolute atomic E-state index is 15.4. The number of pyridine rings is 1. The lowest BCUT2D eigenvalue weighted by Gasteiger charge is -2.39. The number of aliphatic hydroxyl groups excluding tert-OH is 1. The van der Waals surface area contributed by atoms with E-state index >= 15 is 8.78 Å². The van der Waals surface area contributed by atoms with E-state index in [1.54, 1.807) is 0 Å². The third-order valence-electron chi connectivity index (χ3n) is 7.23. The number of alkyl halides is 2. The molecule has 0 unspecified atom stereocenters. The number of carbonyl (C=O) groups excluding carboxylic acids is 1. The SMILES string of the molecule is COc1cc(OCC2(CO)COC2)nc(-n2c(=O)c(NC(=O)c3ccc(OC(F)F)cc3)c(-c3c(F)cc(OC)cc3F)n2C)c1. The Hall–Kier alpha value is -5.09. The molecule has 12 nitrogen and oxygen atoms in total. The lowest BCUT2D eigenvalue weighted by Crippen LogP contribution is -2.50. The molecule has 0 aliphatic carbocycles. The molecule has 0 spiro atoms. The molecule has 2 N–H and O–H groups in total. The Kier molecular flexibility index (Phi) is 9.20. The van der Waals surface area contributed by atoms with Gasteiger partial charge < -0.3 is 34.1 Å². The number of hydrogen-bond acceptors (Lipinski definition) is 9. The average Bonchev–Trinajstić information content (AvgIpc) is 3.24. The zero-order valence-electron chi connectivity index (χ0n) is 24.7. The predicted molar refractivity (Wildman–Crippen MR) is 154 cm³/mol. The number of aromatic nitrogens is 3. The summed E-state index contributed by atoms with van der Waals surface area (Å²) in [6, 6.07) is 9.19. The van der Waals surface area contributed by atoms with Crippen LogP contribution in [0.3, 0.4) is 0 Å². The van der Waals surface area contributed by atoms with Crippen LogP contribution in [0, 0.1) is 17.0 Å². The predicted octanol–water partition coefficient (Wildman–Crippen LogP) is 3.77. The van der Waals surface area contributed by atoms with E-state index in [-0.39, 0.29) is 66.6 Å². The van der Waals surface area contributed by atoms with Crippen LogP contribution in [0.25, 0.3) is 17.1 Å². The highest BCUT2D eigenvalue weighted by Crippen LogP contribution is 2.35. The quantitative estimate of drug-likeness (QED) is 0.220. The first kappa shape index (κ1) is 32.3. The lowest BCUT2D eigenvalue weighted by atomic mass is 9.88. The van der Waals surface area contributed by atoms with E-state index in [0.717, 1.165) is 33.6 Å². The minimum absolute atomic E-state index is 0.00206. The van der Waals surface area contributed by atoms with Gasteiger partial charge in [0, 0.05) is 36.9 Å². The second-order valence-corrected chi connectivity index (χ2v) is 10.3. The lowest BCUT2D eigenvalue weighted by molar-refractivity contribution is -0.153. The molecule has 2 aromatic carbocycles. The Morgan fingerprint density at radius 2 is 1.67 bits per heavy atom. The summed E-state index contributed by atoms with van der Waals surface area (Å²) in [7, 11) is 3.90. The third-order valence-corrected chi connectivity index (χ3v) is 7.23. The van der Waals surface area contributed by atoms with E-state index in [1.807, 2.05) is 0 Å². The summed E-state index contributed by atoms with van der Waals surface area (Å²) in [6.45, 7) is -2.72. The van der Waals surface area contributed by atoms with Crippen LogP contribution in [-0.4, -0.2) is 72.6 Å². The summed E-state index contributed by atoms with van der Waals surface area (Å²) in [4.78, 5) is 31.6. The first-order chi connectivity index (χ1) is 22.0. The van der Waals surface area contributed by atoms with Gasteiger partial charge in [0.25, 0.3) is 11.5 Å². The van der Waals surface area contributed by atoms with Gasteiger partial charge in [-0.1, -0.05) is 0 Å². The number of nitrogens with one attached hydrogen (secondary N) is 1. The number of aliphatic hydroxyl groups is 1. The summed E-state index contributed by atoms with van der Waals surface area (Å²) < 4.78 is 83.7. The smallest absolute Gasteiger partial charge is 0.387 e. The van der Waals surface area contributed by atoms with Crippen LogP contribution >= 0.6 is 0 Å². The Bertz CT molecular complexity index is 1780. The molecule has 16 heteroatoms. The zero-order valence-corrected chi connectivity index (χ0v) is 24.7. The highest BCUT2D eigenvalue weighted by molar-refractivity contribution is 6.06. The van der Waals surface area contributed by atoms with Gasteiger partial charge in [0.15, 0.2) is 5.82 Å². The summed E-state index contributed by atoms with van der Waals surface area (Å²) >= 11 is 0. The second-order valence-electron chi connectivity index (χ2n) is 10.3. The Morgan fingerprint density at radius 1 is 1.04 bits per heavy atom. The number of hydrogen-bond donors (Lipinski definition) is 2. The number of methoxy groups -OCH3 is 2. The van der Waals surface area contributed by atoms with Crippen LogP contribution < -0.4 is 29.8 Å². The largest absolute Gasteiger partial charge is 0.497 e. The number of amides is 1. The van der Waals surface area contributed by atoms with Crippen LogP contribution in [0.1, 0.15) is 10.4 Å². The molecule has 0 saturated carbocycles. The highest BCUT2D eigenvalue weighted by Gasteiger charge is 2.39. The van der Waals surface area contributed by atoms with Gasteiger partial charge in [0.2, 0.25) is 5.88 Å². The summed E-state index contributed by atoms with van der Waals surface area (Å²) in [6.07, 6.45) is 0. The molecule has 1 amide bonds. The van der Waals surface area contributed by atoms with Gasteiger partial charge in [0.05, 0.1) is 45.0 Å². The molecule has 3 heterocycles. The summed E-state index contributed by atoms with van der Waals surface area (Å²) in [5.74, 6) is -3.34. The Labute approximate surface area is 258 Å². The summed E-state index contributed by atoms with van der Waals surface area (Å²) in [5, 5.41) is 12.1. The van der Waals surface area contributed by atoms with Crippen molar-refractivity contribution >= 4 is 11.6 Å². The molecule has 0 radical (unpaired) electrons. The fraction of sp³-hybridized carbons (Fsp3) is 0.300. The first-order valence-corrected chi connectivity index (χ1v) is 13.6. The van der Waals surface area contributed by atoms with Crippen molar-refractivity contribution in [3.05, 3.63) is 76.1 Å². The number of nitrogens with zero attached hydrogens (tertiary/aromatic N) is 3. The maximum Gasteiger partial charge on any atom is 0.387 e. The number of ether oxygens (including phenoxy) is 5.